The van der Waals surface area contributed by atoms with Gasteiger partial charge in [0.25, 0.3) is 0 Å². The fraction of sp³-hybridized carbons (Fsp3) is 0.250. The van der Waals surface area contributed by atoms with Crippen molar-refractivity contribution in [2.24, 2.45) is 0 Å². The first kappa shape index (κ1) is 11.5. The number of benzene rings is 1. The summed E-state index contributed by atoms with van der Waals surface area (Å²) in [5.41, 5.74) is 0.892. The molecule has 0 radical (unpaired) electrons. The molecule has 0 amide bonds. The van der Waals surface area contributed by atoms with Crippen LogP contribution in [-0.2, 0) is 0 Å². The summed E-state index contributed by atoms with van der Waals surface area (Å²) in [6.45, 7) is 0.258. The van der Waals surface area contributed by atoms with Crippen molar-refractivity contribution in [2.45, 2.75) is 0 Å². The predicted octanol–water partition coefficient (Wildman–Crippen LogP) is 1.25. The first-order chi connectivity index (χ1) is 8.33. The fourth-order valence-corrected chi connectivity index (χ4v) is 1.44. The standard InChI is InChI=1S/C12H14N2O3/c1-16-11-4-2-3-10(7-11)14-9-12(8-13-14)17-6-5-15/h2-4,7-9,15H,5-6H2,1H3. The van der Waals surface area contributed by atoms with Crippen molar-refractivity contribution in [2.75, 3.05) is 20.3 Å². The molecular weight excluding hydrogens is 220 g/mol. The largest absolute Gasteiger partial charge is 0.497 e. The summed E-state index contributed by atoms with van der Waals surface area (Å²) < 4.78 is 12.1. The van der Waals surface area contributed by atoms with Crippen LogP contribution in [-0.4, -0.2) is 35.2 Å². The smallest absolute Gasteiger partial charge is 0.157 e. The molecule has 0 saturated heterocycles. The van der Waals surface area contributed by atoms with Crippen LogP contribution in [0.5, 0.6) is 11.5 Å². The number of ether oxygens (including phenoxy) is 2. The molecular formula is C12H14N2O3. The molecule has 1 N–H and O–H groups in total. The highest BCUT2D eigenvalue weighted by Crippen LogP contribution is 2.18. The molecule has 0 aliphatic heterocycles. The Labute approximate surface area is 99.2 Å². The lowest BCUT2D eigenvalue weighted by Gasteiger charge is -2.04. The number of methoxy groups -OCH3 is 1. The average Bonchev–Trinajstić information content (AvgIpc) is 2.85. The van der Waals surface area contributed by atoms with E-state index in [1.807, 2.05) is 24.3 Å². The van der Waals surface area contributed by atoms with Crippen molar-refractivity contribution >= 4 is 0 Å². The van der Waals surface area contributed by atoms with Gasteiger partial charge >= 0.3 is 0 Å². The van der Waals surface area contributed by atoms with E-state index >= 15 is 0 Å². The second-order valence-electron chi connectivity index (χ2n) is 3.39. The summed E-state index contributed by atoms with van der Waals surface area (Å²) in [5.74, 6) is 1.40. The Morgan fingerprint density at radius 3 is 3.00 bits per heavy atom. The van der Waals surface area contributed by atoms with Gasteiger partial charge in [0.1, 0.15) is 12.4 Å². The van der Waals surface area contributed by atoms with Gasteiger partial charge in [-0.25, -0.2) is 4.68 Å². The first-order valence-electron chi connectivity index (χ1n) is 5.26. The minimum atomic E-state index is -0.00958. The fourth-order valence-electron chi connectivity index (χ4n) is 1.44. The van der Waals surface area contributed by atoms with Gasteiger partial charge in [0.15, 0.2) is 5.75 Å². The molecule has 90 valence electrons. The monoisotopic (exact) mass is 234 g/mol. The van der Waals surface area contributed by atoms with Gasteiger partial charge in [-0.05, 0) is 12.1 Å². The van der Waals surface area contributed by atoms with Crippen molar-refractivity contribution in [1.82, 2.24) is 9.78 Å². The number of rotatable bonds is 5. The van der Waals surface area contributed by atoms with Gasteiger partial charge in [-0.3, -0.25) is 0 Å². The Hall–Kier alpha value is -2.01. The van der Waals surface area contributed by atoms with Crippen molar-refractivity contribution in [3.8, 4) is 17.2 Å². The van der Waals surface area contributed by atoms with E-state index in [1.165, 1.54) is 0 Å². The minimum absolute atomic E-state index is 0.00958. The molecule has 0 fully saturated rings. The highest BCUT2D eigenvalue weighted by molar-refractivity contribution is 5.39. The van der Waals surface area contributed by atoms with Crippen LogP contribution in [0.1, 0.15) is 0 Å². The lowest BCUT2D eigenvalue weighted by molar-refractivity contribution is 0.201. The van der Waals surface area contributed by atoms with Crippen molar-refractivity contribution in [1.29, 1.82) is 0 Å². The van der Waals surface area contributed by atoms with Gasteiger partial charge in [0.2, 0.25) is 0 Å². The average molecular weight is 234 g/mol. The molecule has 1 heterocycles. The molecule has 0 atom stereocenters. The molecule has 5 nitrogen and oxygen atoms in total. The lowest BCUT2D eigenvalue weighted by atomic mass is 10.3. The Kier molecular flexibility index (Phi) is 3.62. The zero-order chi connectivity index (χ0) is 12.1. The van der Waals surface area contributed by atoms with E-state index in [0.717, 1.165) is 11.4 Å². The van der Waals surface area contributed by atoms with Gasteiger partial charge in [-0.1, -0.05) is 6.07 Å². The number of aliphatic hydroxyl groups excluding tert-OH is 1. The van der Waals surface area contributed by atoms with Gasteiger partial charge in [0, 0.05) is 6.07 Å². The highest BCUT2D eigenvalue weighted by Gasteiger charge is 2.02. The summed E-state index contributed by atoms with van der Waals surface area (Å²) in [4.78, 5) is 0. The van der Waals surface area contributed by atoms with E-state index in [4.69, 9.17) is 14.6 Å². The maximum absolute atomic E-state index is 8.65. The number of aliphatic hydroxyl groups is 1. The molecule has 2 rings (SSSR count). The highest BCUT2D eigenvalue weighted by atomic mass is 16.5. The molecule has 0 aliphatic rings. The van der Waals surface area contributed by atoms with E-state index in [0.29, 0.717) is 5.75 Å². The number of aromatic nitrogens is 2. The predicted molar refractivity (Wildman–Crippen MR) is 62.7 cm³/mol. The number of nitrogens with zero attached hydrogens (tertiary/aromatic N) is 2. The van der Waals surface area contributed by atoms with E-state index in [1.54, 1.807) is 24.2 Å². The summed E-state index contributed by atoms with van der Waals surface area (Å²) in [6.07, 6.45) is 3.36. The molecule has 0 unspecified atom stereocenters. The lowest BCUT2D eigenvalue weighted by Crippen LogP contribution is -2.00. The maximum Gasteiger partial charge on any atom is 0.157 e. The van der Waals surface area contributed by atoms with Crippen molar-refractivity contribution < 1.29 is 14.6 Å². The molecule has 1 aromatic heterocycles. The molecule has 5 heteroatoms. The number of hydrogen-bond acceptors (Lipinski definition) is 4. The van der Waals surface area contributed by atoms with Crippen molar-refractivity contribution in [3.05, 3.63) is 36.7 Å². The van der Waals surface area contributed by atoms with Gasteiger partial charge in [0.05, 0.1) is 31.8 Å². The maximum atomic E-state index is 8.65. The van der Waals surface area contributed by atoms with Gasteiger partial charge < -0.3 is 14.6 Å². The second kappa shape index (κ2) is 5.36. The topological polar surface area (TPSA) is 56.5 Å². The molecule has 1 aromatic carbocycles. The third-order valence-electron chi connectivity index (χ3n) is 2.24. The van der Waals surface area contributed by atoms with E-state index in [9.17, 15) is 0 Å². The van der Waals surface area contributed by atoms with E-state index < -0.39 is 0 Å². The zero-order valence-corrected chi connectivity index (χ0v) is 9.54. The van der Waals surface area contributed by atoms with Crippen LogP contribution in [0.4, 0.5) is 0 Å². The molecule has 0 aliphatic carbocycles. The van der Waals surface area contributed by atoms with Gasteiger partial charge in [-0.15, -0.1) is 0 Å². The summed E-state index contributed by atoms with van der Waals surface area (Å²) in [6, 6.07) is 7.56. The molecule has 0 saturated carbocycles. The molecule has 0 spiro atoms. The van der Waals surface area contributed by atoms with Gasteiger partial charge in [-0.2, -0.15) is 5.10 Å². The Bertz CT molecular complexity index is 482. The molecule has 0 bridgehead atoms. The van der Waals surface area contributed by atoms with Crippen molar-refractivity contribution in [3.63, 3.8) is 0 Å². The normalized spacial score (nSPS) is 10.2. The van der Waals surface area contributed by atoms with Crippen LogP contribution in [0.25, 0.3) is 5.69 Å². The first-order valence-corrected chi connectivity index (χ1v) is 5.26. The van der Waals surface area contributed by atoms with Crippen LogP contribution in [0, 0.1) is 0 Å². The van der Waals surface area contributed by atoms with Crippen LogP contribution in [0.2, 0.25) is 0 Å². The quantitative estimate of drug-likeness (QED) is 0.846. The van der Waals surface area contributed by atoms with Crippen LogP contribution < -0.4 is 9.47 Å². The van der Waals surface area contributed by atoms with E-state index in [2.05, 4.69) is 5.10 Å². The summed E-state index contributed by atoms with van der Waals surface area (Å²) >= 11 is 0. The molecule has 2 aromatic rings. The van der Waals surface area contributed by atoms with Crippen LogP contribution >= 0.6 is 0 Å². The minimum Gasteiger partial charge on any atom is -0.497 e. The third kappa shape index (κ3) is 2.76. The van der Waals surface area contributed by atoms with E-state index in [-0.39, 0.29) is 13.2 Å². The van der Waals surface area contributed by atoms with Crippen LogP contribution in [0.15, 0.2) is 36.7 Å². The second-order valence-corrected chi connectivity index (χ2v) is 3.39. The SMILES string of the molecule is COc1cccc(-n2cc(OCCO)cn2)c1. The number of hydrogen-bond donors (Lipinski definition) is 1. The third-order valence-corrected chi connectivity index (χ3v) is 2.24. The Morgan fingerprint density at radius 2 is 2.24 bits per heavy atom. The summed E-state index contributed by atoms with van der Waals surface area (Å²) in [7, 11) is 1.62. The molecule has 17 heavy (non-hydrogen) atoms. The van der Waals surface area contributed by atoms with Crippen LogP contribution in [0.3, 0.4) is 0 Å². The summed E-state index contributed by atoms with van der Waals surface area (Å²) in [5, 5.41) is 12.8. The Morgan fingerprint density at radius 1 is 1.35 bits per heavy atom. The Balaban J connectivity index is 2.18. The zero-order valence-electron chi connectivity index (χ0n) is 9.54.